The average Bonchev–Trinajstić information content (AvgIpc) is 2.32. The smallest absolute Gasteiger partial charge is 0.360 e. The van der Waals surface area contributed by atoms with Gasteiger partial charge in [0.1, 0.15) is 0 Å². The lowest BCUT2D eigenvalue weighted by atomic mass is 10.4. The molecule has 0 atom stereocenters. The predicted octanol–water partition coefficient (Wildman–Crippen LogP) is -0.528. The number of hydrogen-bond donors (Lipinski definition) is 2. The van der Waals surface area contributed by atoms with Gasteiger partial charge in [-0.3, -0.25) is 4.79 Å². The number of amides is 1. The van der Waals surface area contributed by atoms with Crippen molar-refractivity contribution in [1.29, 1.82) is 0 Å². The standard InChI is InChI=1S/C6H8N4O3/c1-3(11)7-5-4(6(12)13)8-9-10(5)2/h1-2H3,(H,7,11)(H,12,13). The monoisotopic (exact) mass is 184 g/mol. The van der Waals surface area contributed by atoms with E-state index in [0.717, 1.165) is 0 Å². The first-order valence-electron chi connectivity index (χ1n) is 3.43. The highest BCUT2D eigenvalue weighted by molar-refractivity contribution is 5.96. The number of rotatable bonds is 2. The van der Waals surface area contributed by atoms with Gasteiger partial charge in [-0.15, -0.1) is 5.10 Å². The predicted molar refractivity (Wildman–Crippen MR) is 42.3 cm³/mol. The molecule has 0 bridgehead atoms. The first-order chi connectivity index (χ1) is 6.02. The second kappa shape index (κ2) is 3.21. The third-order valence-corrected chi connectivity index (χ3v) is 1.32. The number of carboxylic acids is 1. The SMILES string of the molecule is CC(=O)Nc1c(C(=O)O)nnn1C. The molecule has 70 valence electrons. The molecule has 1 amide bonds. The molecule has 0 saturated carbocycles. The zero-order valence-corrected chi connectivity index (χ0v) is 7.11. The number of nitrogens with one attached hydrogen (secondary N) is 1. The van der Waals surface area contributed by atoms with Crippen LogP contribution in [0.3, 0.4) is 0 Å². The van der Waals surface area contributed by atoms with E-state index in [2.05, 4.69) is 15.6 Å². The fourth-order valence-electron chi connectivity index (χ4n) is 0.808. The number of aromatic nitrogens is 3. The van der Waals surface area contributed by atoms with Gasteiger partial charge >= 0.3 is 5.97 Å². The molecule has 7 heteroatoms. The van der Waals surface area contributed by atoms with Crippen LogP contribution in [0.25, 0.3) is 0 Å². The van der Waals surface area contributed by atoms with E-state index in [1.807, 2.05) is 0 Å². The first kappa shape index (κ1) is 9.17. The first-order valence-corrected chi connectivity index (χ1v) is 3.43. The van der Waals surface area contributed by atoms with Gasteiger partial charge in [-0.25, -0.2) is 9.48 Å². The van der Waals surface area contributed by atoms with E-state index >= 15 is 0 Å². The van der Waals surface area contributed by atoms with Crippen LogP contribution in [0.15, 0.2) is 0 Å². The van der Waals surface area contributed by atoms with Crippen molar-refractivity contribution in [2.75, 3.05) is 5.32 Å². The Kier molecular flexibility index (Phi) is 2.27. The largest absolute Gasteiger partial charge is 0.476 e. The summed E-state index contributed by atoms with van der Waals surface area (Å²) in [6.07, 6.45) is 0. The number of anilines is 1. The topological polar surface area (TPSA) is 97.1 Å². The number of carboxylic acid groups (broad SMARTS) is 1. The van der Waals surface area contributed by atoms with Crippen LogP contribution in [0.1, 0.15) is 17.4 Å². The van der Waals surface area contributed by atoms with Crippen molar-refractivity contribution >= 4 is 17.7 Å². The van der Waals surface area contributed by atoms with Crippen LogP contribution < -0.4 is 5.32 Å². The number of nitrogens with zero attached hydrogens (tertiary/aromatic N) is 3. The maximum Gasteiger partial charge on any atom is 0.360 e. The van der Waals surface area contributed by atoms with Gasteiger partial charge in [-0.2, -0.15) is 0 Å². The van der Waals surface area contributed by atoms with Crippen LogP contribution in [0.2, 0.25) is 0 Å². The summed E-state index contributed by atoms with van der Waals surface area (Å²) in [5.41, 5.74) is -0.266. The van der Waals surface area contributed by atoms with Crippen molar-refractivity contribution in [3.05, 3.63) is 5.69 Å². The maximum absolute atomic E-state index is 10.7. The van der Waals surface area contributed by atoms with Gasteiger partial charge in [0.05, 0.1) is 0 Å². The van der Waals surface area contributed by atoms with Gasteiger partial charge in [-0.05, 0) is 0 Å². The minimum absolute atomic E-state index is 0.0833. The maximum atomic E-state index is 10.7. The Morgan fingerprint density at radius 2 is 2.15 bits per heavy atom. The molecule has 2 N–H and O–H groups in total. The molecule has 0 fully saturated rings. The minimum atomic E-state index is -1.23. The molecule has 0 aliphatic heterocycles. The van der Waals surface area contributed by atoms with E-state index in [-0.39, 0.29) is 17.4 Å². The van der Waals surface area contributed by atoms with Crippen LogP contribution in [-0.2, 0) is 11.8 Å². The summed E-state index contributed by atoms with van der Waals surface area (Å²) < 4.78 is 1.19. The Balaban J connectivity index is 3.08. The molecule has 1 heterocycles. The van der Waals surface area contributed by atoms with Gasteiger partial charge in [0.15, 0.2) is 5.82 Å². The summed E-state index contributed by atoms with van der Waals surface area (Å²) in [6.45, 7) is 1.28. The van der Waals surface area contributed by atoms with E-state index in [1.54, 1.807) is 0 Å². The van der Waals surface area contributed by atoms with Crippen molar-refractivity contribution < 1.29 is 14.7 Å². The lowest BCUT2D eigenvalue weighted by molar-refractivity contribution is -0.114. The third-order valence-electron chi connectivity index (χ3n) is 1.32. The number of hydrogen-bond acceptors (Lipinski definition) is 4. The molecule has 1 aromatic heterocycles. The molecular weight excluding hydrogens is 176 g/mol. The molecule has 0 aromatic carbocycles. The van der Waals surface area contributed by atoms with Crippen molar-refractivity contribution in [2.45, 2.75) is 6.92 Å². The molecule has 1 rings (SSSR count). The van der Waals surface area contributed by atoms with Gasteiger partial charge in [0.2, 0.25) is 11.6 Å². The average molecular weight is 184 g/mol. The van der Waals surface area contributed by atoms with Crippen LogP contribution >= 0.6 is 0 Å². The highest BCUT2D eigenvalue weighted by Gasteiger charge is 2.17. The Morgan fingerprint density at radius 1 is 1.54 bits per heavy atom. The lowest BCUT2D eigenvalue weighted by Crippen LogP contribution is -2.13. The lowest BCUT2D eigenvalue weighted by Gasteiger charge is -2.00. The summed E-state index contributed by atoms with van der Waals surface area (Å²) in [6, 6.07) is 0. The van der Waals surface area contributed by atoms with E-state index in [0.29, 0.717) is 0 Å². The van der Waals surface area contributed by atoms with E-state index in [4.69, 9.17) is 5.11 Å². The van der Waals surface area contributed by atoms with Gasteiger partial charge in [0, 0.05) is 14.0 Å². The van der Waals surface area contributed by atoms with Gasteiger partial charge in [0.25, 0.3) is 0 Å². The summed E-state index contributed by atoms with van der Waals surface area (Å²) in [7, 11) is 1.49. The fourth-order valence-corrected chi connectivity index (χ4v) is 0.808. The van der Waals surface area contributed by atoms with Gasteiger partial charge in [-0.1, -0.05) is 5.21 Å². The van der Waals surface area contributed by atoms with Crippen molar-refractivity contribution in [1.82, 2.24) is 15.0 Å². The number of carbonyl (C=O) groups is 2. The van der Waals surface area contributed by atoms with Crippen LogP contribution in [0.5, 0.6) is 0 Å². The summed E-state index contributed by atoms with van der Waals surface area (Å²) in [5.74, 6) is -1.51. The minimum Gasteiger partial charge on any atom is -0.476 e. The van der Waals surface area contributed by atoms with Gasteiger partial charge < -0.3 is 10.4 Å². The zero-order chi connectivity index (χ0) is 10.0. The quantitative estimate of drug-likeness (QED) is 0.644. The Hall–Kier alpha value is -1.92. The van der Waals surface area contributed by atoms with E-state index in [1.165, 1.54) is 18.7 Å². The van der Waals surface area contributed by atoms with Crippen LogP contribution in [0, 0.1) is 0 Å². The number of aryl methyl sites for hydroxylation is 1. The fraction of sp³-hybridized carbons (Fsp3) is 0.333. The second-order valence-electron chi connectivity index (χ2n) is 2.40. The highest BCUT2D eigenvalue weighted by atomic mass is 16.4. The summed E-state index contributed by atoms with van der Waals surface area (Å²) >= 11 is 0. The van der Waals surface area contributed by atoms with Crippen molar-refractivity contribution in [3.63, 3.8) is 0 Å². The van der Waals surface area contributed by atoms with Crippen LogP contribution in [0.4, 0.5) is 5.82 Å². The zero-order valence-electron chi connectivity index (χ0n) is 7.11. The molecule has 13 heavy (non-hydrogen) atoms. The molecule has 0 radical (unpaired) electrons. The summed E-state index contributed by atoms with van der Waals surface area (Å²) in [5, 5.41) is 17.8. The molecule has 0 aliphatic carbocycles. The molecule has 0 saturated heterocycles. The Bertz CT molecular complexity index is 357. The number of aromatic carboxylic acids is 1. The molecule has 7 nitrogen and oxygen atoms in total. The van der Waals surface area contributed by atoms with Crippen LogP contribution in [-0.4, -0.2) is 32.0 Å². The second-order valence-corrected chi connectivity index (χ2v) is 2.40. The Morgan fingerprint density at radius 3 is 2.62 bits per heavy atom. The normalized spacial score (nSPS) is 9.69. The molecule has 0 spiro atoms. The molecule has 1 aromatic rings. The number of carbonyl (C=O) groups excluding carboxylic acids is 1. The van der Waals surface area contributed by atoms with Crippen molar-refractivity contribution in [2.24, 2.45) is 7.05 Å². The van der Waals surface area contributed by atoms with E-state index in [9.17, 15) is 9.59 Å². The Labute approximate surface area is 73.4 Å². The third kappa shape index (κ3) is 1.81. The molecule has 0 aliphatic rings. The van der Waals surface area contributed by atoms with Crippen molar-refractivity contribution in [3.8, 4) is 0 Å². The highest BCUT2D eigenvalue weighted by Crippen LogP contribution is 2.10. The molecular formula is C6H8N4O3. The molecule has 0 unspecified atom stereocenters. The van der Waals surface area contributed by atoms with E-state index < -0.39 is 5.97 Å². The summed E-state index contributed by atoms with van der Waals surface area (Å²) in [4.78, 5) is 21.2.